The lowest BCUT2D eigenvalue weighted by Gasteiger charge is -2.01. The van der Waals surface area contributed by atoms with E-state index < -0.39 is 0 Å². The lowest BCUT2D eigenvalue weighted by Crippen LogP contribution is -2.15. The fourth-order valence-corrected chi connectivity index (χ4v) is 1.28. The lowest BCUT2D eigenvalue weighted by atomic mass is 10.1. The first-order valence-electron chi connectivity index (χ1n) is 3.19. The van der Waals surface area contributed by atoms with Gasteiger partial charge in [-0.05, 0) is 25.2 Å². The molecule has 0 bridgehead atoms. The number of aliphatic hydroxyl groups excluding tert-OH is 1. The minimum Gasteiger partial charge on any atom is -0.396 e. The summed E-state index contributed by atoms with van der Waals surface area (Å²) >= 11 is 0. The Morgan fingerprint density at radius 3 is 2.50 bits per heavy atom. The van der Waals surface area contributed by atoms with Gasteiger partial charge in [0.2, 0.25) is 0 Å². The van der Waals surface area contributed by atoms with Gasteiger partial charge in [0.05, 0.1) is 0 Å². The quantitative estimate of drug-likeness (QED) is 0.509. The number of nitrogens with two attached hydrogens (primary N) is 1. The molecule has 1 saturated carbocycles. The molecule has 1 rings (SSSR count). The van der Waals surface area contributed by atoms with E-state index in [9.17, 15) is 0 Å². The van der Waals surface area contributed by atoms with E-state index in [1.54, 1.807) is 0 Å². The van der Waals surface area contributed by atoms with Crippen LogP contribution in [0.2, 0.25) is 0 Å². The summed E-state index contributed by atoms with van der Waals surface area (Å²) in [4.78, 5) is 0. The van der Waals surface area contributed by atoms with Crippen LogP contribution in [-0.2, 0) is 0 Å². The molecule has 2 atom stereocenters. The number of hydrogen-bond donors (Lipinski definition) is 2. The van der Waals surface area contributed by atoms with Crippen LogP contribution in [0, 0.1) is 5.92 Å². The van der Waals surface area contributed by atoms with Crippen molar-refractivity contribution in [1.29, 1.82) is 0 Å². The highest BCUT2D eigenvalue weighted by Gasteiger charge is 2.19. The van der Waals surface area contributed by atoms with E-state index in [0.717, 1.165) is 19.3 Å². The molecule has 0 spiro atoms. The maximum Gasteiger partial charge on any atom is 0.0459 e. The van der Waals surface area contributed by atoms with Gasteiger partial charge in [-0.15, -0.1) is 0 Å². The Morgan fingerprint density at radius 2 is 2.25 bits per heavy atom. The van der Waals surface area contributed by atoms with Crippen LogP contribution >= 0.6 is 0 Å². The van der Waals surface area contributed by atoms with Gasteiger partial charge in [0.25, 0.3) is 0 Å². The van der Waals surface area contributed by atoms with Crippen LogP contribution in [0.5, 0.6) is 0 Å². The second kappa shape index (κ2) is 2.46. The summed E-state index contributed by atoms with van der Waals surface area (Å²) in [5, 5.41) is 8.63. The third kappa shape index (κ3) is 1.20. The van der Waals surface area contributed by atoms with Gasteiger partial charge in [0, 0.05) is 12.6 Å². The lowest BCUT2D eigenvalue weighted by molar-refractivity contribution is 0.229. The molecule has 1 fully saturated rings. The smallest absolute Gasteiger partial charge is 0.0459 e. The van der Waals surface area contributed by atoms with Crippen molar-refractivity contribution >= 4 is 0 Å². The predicted molar refractivity (Wildman–Crippen MR) is 32.4 cm³/mol. The van der Waals surface area contributed by atoms with Crippen molar-refractivity contribution in [2.45, 2.75) is 25.3 Å². The van der Waals surface area contributed by atoms with Crippen LogP contribution in [0.25, 0.3) is 0 Å². The van der Waals surface area contributed by atoms with E-state index in [1.165, 1.54) is 0 Å². The molecule has 2 heteroatoms. The molecule has 0 saturated heterocycles. The van der Waals surface area contributed by atoms with E-state index >= 15 is 0 Å². The van der Waals surface area contributed by atoms with Gasteiger partial charge >= 0.3 is 0 Å². The van der Waals surface area contributed by atoms with E-state index in [-0.39, 0.29) is 0 Å². The molecule has 0 aliphatic heterocycles. The summed E-state index contributed by atoms with van der Waals surface area (Å²) < 4.78 is 0. The van der Waals surface area contributed by atoms with Crippen molar-refractivity contribution in [1.82, 2.24) is 0 Å². The zero-order valence-corrected chi connectivity index (χ0v) is 5.01. The van der Waals surface area contributed by atoms with Gasteiger partial charge in [0.1, 0.15) is 0 Å². The average Bonchev–Trinajstić information content (AvgIpc) is 2.14. The Labute approximate surface area is 49.7 Å². The molecule has 0 amide bonds. The number of hydrogen-bond acceptors (Lipinski definition) is 2. The highest BCUT2D eigenvalue weighted by molar-refractivity contribution is 4.76. The third-order valence-electron chi connectivity index (χ3n) is 1.84. The molecular formula is C6H13NO. The van der Waals surface area contributed by atoms with Crippen molar-refractivity contribution in [2.24, 2.45) is 11.7 Å². The summed E-state index contributed by atoms with van der Waals surface area (Å²) in [6.07, 6.45) is 3.25. The van der Waals surface area contributed by atoms with Crippen molar-refractivity contribution in [2.75, 3.05) is 6.61 Å². The highest BCUT2D eigenvalue weighted by Crippen LogP contribution is 2.22. The van der Waals surface area contributed by atoms with Gasteiger partial charge in [0.15, 0.2) is 0 Å². The van der Waals surface area contributed by atoms with Gasteiger partial charge in [-0.25, -0.2) is 0 Å². The topological polar surface area (TPSA) is 46.2 Å². The molecule has 0 aromatic carbocycles. The van der Waals surface area contributed by atoms with Crippen LogP contribution in [-0.4, -0.2) is 17.8 Å². The maximum absolute atomic E-state index is 8.63. The van der Waals surface area contributed by atoms with Crippen LogP contribution in [0.3, 0.4) is 0 Å². The minimum atomic E-state index is 0.327. The second-order valence-corrected chi connectivity index (χ2v) is 2.62. The van der Waals surface area contributed by atoms with Gasteiger partial charge < -0.3 is 10.8 Å². The predicted octanol–water partition coefficient (Wildman–Crippen LogP) is 0.106. The van der Waals surface area contributed by atoms with Crippen molar-refractivity contribution in [3.05, 3.63) is 0 Å². The Bertz CT molecular complexity index is 74.9. The monoisotopic (exact) mass is 115 g/mol. The summed E-state index contributed by atoms with van der Waals surface area (Å²) in [5.41, 5.74) is 5.59. The number of rotatable bonds is 1. The second-order valence-electron chi connectivity index (χ2n) is 2.62. The molecule has 1 aliphatic rings. The average molecular weight is 115 g/mol. The van der Waals surface area contributed by atoms with Crippen molar-refractivity contribution < 1.29 is 5.11 Å². The van der Waals surface area contributed by atoms with Crippen molar-refractivity contribution in [3.8, 4) is 0 Å². The fourth-order valence-electron chi connectivity index (χ4n) is 1.28. The molecule has 3 N–H and O–H groups in total. The first-order valence-corrected chi connectivity index (χ1v) is 3.19. The molecular weight excluding hydrogens is 102 g/mol. The Kier molecular flexibility index (Phi) is 1.86. The van der Waals surface area contributed by atoms with Crippen LogP contribution in [0.1, 0.15) is 19.3 Å². The summed E-state index contributed by atoms with van der Waals surface area (Å²) in [6.45, 7) is 0.327. The summed E-state index contributed by atoms with van der Waals surface area (Å²) in [6, 6.07) is 0.368. The van der Waals surface area contributed by atoms with E-state index in [1.807, 2.05) is 0 Å². The third-order valence-corrected chi connectivity index (χ3v) is 1.84. The summed E-state index contributed by atoms with van der Waals surface area (Å²) in [5.74, 6) is 0.505. The SMILES string of the molecule is N[C@H]1CCC(CO)C1. The van der Waals surface area contributed by atoms with Crippen LogP contribution in [0.4, 0.5) is 0 Å². The zero-order chi connectivity index (χ0) is 5.98. The van der Waals surface area contributed by atoms with E-state index in [2.05, 4.69) is 0 Å². The Morgan fingerprint density at radius 1 is 1.50 bits per heavy atom. The highest BCUT2D eigenvalue weighted by atomic mass is 16.3. The molecule has 1 aliphatic carbocycles. The first kappa shape index (κ1) is 6.05. The molecule has 0 aromatic rings. The summed E-state index contributed by atoms with van der Waals surface area (Å²) in [7, 11) is 0. The van der Waals surface area contributed by atoms with E-state index in [0.29, 0.717) is 18.6 Å². The van der Waals surface area contributed by atoms with E-state index in [4.69, 9.17) is 10.8 Å². The number of aliphatic hydroxyl groups is 1. The Balaban J connectivity index is 2.22. The molecule has 2 nitrogen and oxygen atoms in total. The van der Waals surface area contributed by atoms with Gasteiger partial charge in [-0.1, -0.05) is 0 Å². The molecule has 0 aromatic heterocycles. The normalized spacial score (nSPS) is 38.2. The fraction of sp³-hybridized carbons (Fsp3) is 1.00. The van der Waals surface area contributed by atoms with Gasteiger partial charge in [-0.2, -0.15) is 0 Å². The zero-order valence-electron chi connectivity index (χ0n) is 5.01. The molecule has 1 unspecified atom stereocenters. The molecule has 8 heavy (non-hydrogen) atoms. The molecule has 0 radical (unpaired) electrons. The standard InChI is InChI=1S/C6H13NO/c7-6-2-1-5(3-6)4-8/h5-6,8H,1-4,7H2/t5?,6-/m0/s1. The largest absolute Gasteiger partial charge is 0.396 e. The van der Waals surface area contributed by atoms with Gasteiger partial charge in [-0.3, -0.25) is 0 Å². The first-order chi connectivity index (χ1) is 3.83. The maximum atomic E-state index is 8.63. The molecule has 0 heterocycles. The van der Waals surface area contributed by atoms with Crippen molar-refractivity contribution in [3.63, 3.8) is 0 Å². The Hall–Kier alpha value is -0.0800. The van der Waals surface area contributed by atoms with Crippen LogP contribution in [0.15, 0.2) is 0 Å². The molecule has 48 valence electrons. The van der Waals surface area contributed by atoms with Crippen LogP contribution < -0.4 is 5.73 Å². The minimum absolute atomic E-state index is 0.327.